The van der Waals surface area contributed by atoms with Crippen LogP contribution in [0.4, 0.5) is 15.8 Å². The van der Waals surface area contributed by atoms with Crippen molar-refractivity contribution in [1.82, 2.24) is 0 Å². The third kappa shape index (κ3) is 4.64. The first-order valence-electron chi connectivity index (χ1n) is 8.93. The average molecular weight is 423 g/mol. The lowest BCUT2D eigenvalue weighted by atomic mass is 10.1. The van der Waals surface area contributed by atoms with Crippen molar-refractivity contribution in [2.75, 3.05) is 16.7 Å². The van der Waals surface area contributed by atoms with Crippen molar-refractivity contribution < 1.29 is 17.6 Å². The van der Waals surface area contributed by atoms with Gasteiger partial charge in [0.05, 0.1) is 23.1 Å². The molecule has 30 heavy (non-hydrogen) atoms. The maximum absolute atomic E-state index is 13.1. The number of carbonyl (C=O) groups excluding carboxylic acids is 1. The smallest absolute Gasteiger partial charge is 0.264 e. The molecule has 152 valence electrons. The molecule has 0 aliphatic rings. The van der Waals surface area contributed by atoms with Crippen LogP contribution in [0.2, 0.25) is 0 Å². The summed E-state index contributed by atoms with van der Waals surface area (Å²) < 4.78 is 40.0. The Balaban J connectivity index is 1.81. The van der Waals surface area contributed by atoms with Gasteiger partial charge in [0, 0.05) is 18.3 Å². The van der Waals surface area contributed by atoms with Gasteiger partial charge in [0.2, 0.25) is 0 Å². The summed E-state index contributed by atoms with van der Waals surface area (Å²) in [6.45, 7) is 0. The van der Waals surface area contributed by atoms with Crippen molar-refractivity contribution >= 4 is 27.3 Å². The number of rotatable bonds is 6. The highest BCUT2D eigenvalue weighted by molar-refractivity contribution is 7.92. The minimum absolute atomic E-state index is 0.0636. The molecular weight excluding hydrogens is 405 g/mol. The number of halogens is 1. The van der Waals surface area contributed by atoms with E-state index in [0.29, 0.717) is 11.4 Å². The Labute approximate surface area is 174 Å². The van der Waals surface area contributed by atoms with Crippen molar-refractivity contribution in [3.05, 3.63) is 89.7 Å². The molecule has 0 bridgehead atoms. The summed E-state index contributed by atoms with van der Waals surface area (Å²) in [6, 6.07) is 19.6. The first-order chi connectivity index (χ1) is 14.3. The van der Waals surface area contributed by atoms with Gasteiger partial charge in [0.25, 0.3) is 15.9 Å². The van der Waals surface area contributed by atoms with Crippen LogP contribution in [0.15, 0.2) is 77.7 Å². The lowest BCUT2D eigenvalue weighted by molar-refractivity contribution is 0.102. The zero-order chi connectivity index (χ0) is 21.7. The lowest BCUT2D eigenvalue weighted by Crippen LogP contribution is -2.26. The molecule has 0 saturated heterocycles. The fourth-order valence-corrected chi connectivity index (χ4v) is 3.99. The van der Waals surface area contributed by atoms with E-state index < -0.39 is 21.7 Å². The Hall–Kier alpha value is -3.70. The zero-order valence-corrected chi connectivity index (χ0v) is 16.9. The van der Waals surface area contributed by atoms with E-state index in [1.165, 1.54) is 55.6 Å². The summed E-state index contributed by atoms with van der Waals surface area (Å²) in [5.41, 5.74) is 1.82. The van der Waals surface area contributed by atoms with Crippen LogP contribution in [0.1, 0.15) is 15.9 Å². The zero-order valence-electron chi connectivity index (χ0n) is 16.0. The number of sulfonamides is 1. The fraction of sp³-hybridized carbons (Fsp3) is 0.0909. The number of anilines is 2. The number of hydrogen-bond acceptors (Lipinski definition) is 4. The number of nitriles is 1. The Bertz CT molecular complexity index is 1200. The van der Waals surface area contributed by atoms with Gasteiger partial charge < -0.3 is 5.32 Å². The van der Waals surface area contributed by atoms with E-state index in [1.807, 2.05) is 6.07 Å². The van der Waals surface area contributed by atoms with E-state index in [1.54, 1.807) is 24.3 Å². The molecule has 0 unspecified atom stereocenters. The molecule has 3 aromatic carbocycles. The SMILES string of the molecule is CN(c1ccc(F)cc1)S(=O)(=O)c1cccc(C(=O)Nc2ccc(CC#N)cc2)c1. The van der Waals surface area contributed by atoms with Gasteiger partial charge in [-0.15, -0.1) is 0 Å². The summed E-state index contributed by atoms with van der Waals surface area (Å²) in [5, 5.41) is 11.4. The molecule has 0 atom stereocenters. The van der Waals surface area contributed by atoms with E-state index in [2.05, 4.69) is 5.32 Å². The minimum Gasteiger partial charge on any atom is -0.322 e. The van der Waals surface area contributed by atoms with Crippen LogP contribution in [0.25, 0.3) is 0 Å². The molecule has 1 N–H and O–H groups in total. The molecule has 3 rings (SSSR count). The highest BCUT2D eigenvalue weighted by Gasteiger charge is 2.22. The van der Waals surface area contributed by atoms with Gasteiger partial charge in [-0.2, -0.15) is 5.26 Å². The number of amides is 1. The van der Waals surface area contributed by atoms with E-state index in [4.69, 9.17) is 5.26 Å². The maximum Gasteiger partial charge on any atom is 0.264 e. The molecule has 8 heteroatoms. The van der Waals surface area contributed by atoms with Crippen molar-refractivity contribution in [3.8, 4) is 6.07 Å². The summed E-state index contributed by atoms with van der Waals surface area (Å²) >= 11 is 0. The molecule has 0 spiro atoms. The van der Waals surface area contributed by atoms with Gasteiger partial charge in [-0.1, -0.05) is 18.2 Å². The fourth-order valence-electron chi connectivity index (χ4n) is 2.75. The highest BCUT2D eigenvalue weighted by atomic mass is 32.2. The highest BCUT2D eigenvalue weighted by Crippen LogP contribution is 2.23. The van der Waals surface area contributed by atoms with Gasteiger partial charge in [0.15, 0.2) is 0 Å². The van der Waals surface area contributed by atoms with E-state index >= 15 is 0 Å². The van der Waals surface area contributed by atoms with Gasteiger partial charge in [-0.25, -0.2) is 12.8 Å². The second kappa shape index (κ2) is 8.76. The van der Waals surface area contributed by atoms with Crippen molar-refractivity contribution in [2.24, 2.45) is 0 Å². The number of benzene rings is 3. The van der Waals surface area contributed by atoms with Gasteiger partial charge in [-0.05, 0) is 60.2 Å². The first-order valence-corrected chi connectivity index (χ1v) is 10.4. The Morgan fingerprint density at radius 1 is 1.07 bits per heavy atom. The second-order valence-electron chi connectivity index (χ2n) is 6.46. The van der Waals surface area contributed by atoms with Crippen LogP contribution >= 0.6 is 0 Å². The topological polar surface area (TPSA) is 90.3 Å². The van der Waals surface area contributed by atoms with E-state index in [-0.39, 0.29) is 16.9 Å². The monoisotopic (exact) mass is 423 g/mol. The Morgan fingerprint density at radius 3 is 2.37 bits per heavy atom. The van der Waals surface area contributed by atoms with E-state index in [9.17, 15) is 17.6 Å². The normalized spacial score (nSPS) is 10.8. The summed E-state index contributed by atoms with van der Waals surface area (Å²) in [4.78, 5) is 12.5. The second-order valence-corrected chi connectivity index (χ2v) is 8.43. The third-order valence-electron chi connectivity index (χ3n) is 4.44. The number of nitrogens with one attached hydrogen (secondary N) is 1. The minimum atomic E-state index is -3.95. The molecule has 0 aliphatic carbocycles. The predicted octanol–water partition coefficient (Wildman–Crippen LogP) is 3.97. The lowest BCUT2D eigenvalue weighted by Gasteiger charge is -2.19. The van der Waals surface area contributed by atoms with Crippen LogP contribution in [0, 0.1) is 17.1 Å². The third-order valence-corrected chi connectivity index (χ3v) is 6.22. The van der Waals surface area contributed by atoms with Gasteiger partial charge in [-0.3, -0.25) is 9.10 Å². The first kappa shape index (κ1) is 21.0. The quantitative estimate of drug-likeness (QED) is 0.650. The molecule has 6 nitrogen and oxygen atoms in total. The standard InChI is InChI=1S/C22H18FN3O3S/c1-26(20-11-7-18(23)8-12-20)30(28,29)21-4-2-3-17(15-21)22(27)25-19-9-5-16(6-10-19)13-14-24/h2-12,15H,13H2,1H3,(H,25,27). The Morgan fingerprint density at radius 2 is 1.73 bits per heavy atom. The van der Waals surface area contributed by atoms with E-state index in [0.717, 1.165) is 9.87 Å². The van der Waals surface area contributed by atoms with Crippen molar-refractivity contribution in [2.45, 2.75) is 11.3 Å². The van der Waals surface area contributed by atoms with Gasteiger partial charge >= 0.3 is 0 Å². The molecule has 0 heterocycles. The van der Waals surface area contributed by atoms with Crippen LogP contribution in [0.5, 0.6) is 0 Å². The summed E-state index contributed by atoms with van der Waals surface area (Å²) in [7, 11) is -2.59. The molecule has 0 aromatic heterocycles. The molecule has 3 aromatic rings. The number of nitrogens with zero attached hydrogens (tertiary/aromatic N) is 2. The largest absolute Gasteiger partial charge is 0.322 e. The van der Waals surface area contributed by atoms with Crippen molar-refractivity contribution in [3.63, 3.8) is 0 Å². The number of hydrogen-bond donors (Lipinski definition) is 1. The maximum atomic E-state index is 13.1. The van der Waals surface area contributed by atoms with Gasteiger partial charge in [0.1, 0.15) is 5.82 Å². The average Bonchev–Trinajstić information content (AvgIpc) is 2.75. The number of carbonyl (C=O) groups is 1. The van der Waals surface area contributed by atoms with Crippen LogP contribution in [-0.2, 0) is 16.4 Å². The predicted molar refractivity (Wildman–Crippen MR) is 112 cm³/mol. The van der Waals surface area contributed by atoms with Crippen molar-refractivity contribution in [1.29, 1.82) is 5.26 Å². The molecule has 0 radical (unpaired) electrons. The summed E-state index contributed by atoms with van der Waals surface area (Å²) in [5.74, 6) is -0.937. The molecule has 0 fully saturated rings. The van der Waals surface area contributed by atoms with Crippen LogP contribution in [-0.4, -0.2) is 21.4 Å². The molecule has 1 amide bonds. The van der Waals surface area contributed by atoms with Crippen LogP contribution in [0.3, 0.4) is 0 Å². The summed E-state index contributed by atoms with van der Waals surface area (Å²) in [6.07, 6.45) is 0.274. The van der Waals surface area contributed by atoms with Crippen LogP contribution < -0.4 is 9.62 Å². The molecular formula is C22H18FN3O3S. The molecule has 0 saturated carbocycles. The molecule has 0 aliphatic heterocycles. The Kier molecular flexibility index (Phi) is 6.14.